The average molecular weight is 313 g/mol. The molecule has 3 rings (SSSR count). The van der Waals surface area contributed by atoms with Crippen LogP contribution >= 0.6 is 11.6 Å². The molecule has 0 aliphatic rings. The summed E-state index contributed by atoms with van der Waals surface area (Å²) in [6.45, 7) is 1.47. The molecule has 0 aliphatic heterocycles. The monoisotopic (exact) mass is 312 g/mol. The van der Waals surface area contributed by atoms with Gasteiger partial charge in [-0.1, -0.05) is 23.7 Å². The Labute approximate surface area is 132 Å². The number of para-hydroxylation sites is 2. The Balaban J connectivity index is 1.97. The number of hydrogen-bond acceptors (Lipinski definition) is 4. The molecule has 0 bridgehead atoms. The molecular weight excluding hydrogens is 300 g/mol. The maximum atomic E-state index is 11.9. The van der Waals surface area contributed by atoms with Gasteiger partial charge in [-0.25, -0.2) is 4.98 Å². The van der Waals surface area contributed by atoms with Gasteiger partial charge in [-0.2, -0.15) is 5.10 Å². The minimum absolute atomic E-state index is 0.162. The van der Waals surface area contributed by atoms with E-state index in [-0.39, 0.29) is 11.6 Å². The summed E-state index contributed by atoms with van der Waals surface area (Å²) >= 11 is 5.84. The van der Waals surface area contributed by atoms with E-state index in [0.29, 0.717) is 5.02 Å². The zero-order valence-electron chi connectivity index (χ0n) is 11.8. The zero-order valence-corrected chi connectivity index (χ0v) is 12.6. The number of Topliss-reactive ketones (excluding diaryl/α,β-unsaturated/α-hetero) is 1. The molecule has 5 nitrogen and oxygen atoms in total. The lowest BCUT2D eigenvalue weighted by molar-refractivity contribution is -0.111. The van der Waals surface area contributed by atoms with Crippen molar-refractivity contribution in [3.05, 3.63) is 59.9 Å². The second-order valence-electron chi connectivity index (χ2n) is 4.71. The molecule has 0 radical (unpaired) electrons. The summed E-state index contributed by atoms with van der Waals surface area (Å²) in [4.78, 5) is 16.2. The number of carbonyl (C=O) groups excluding carboxylic acids is 1. The third-order valence-corrected chi connectivity index (χ3v) is 3.38. The summed E-state index contributed by atoms with van der Waals surface area (Å²) in [7, 11) is 0. The Bertz CT molecular complexity index is 852. The molecule has 0 saturated carbocycles. The maximum Gasteiger partial charge on any atom is 0.201 e. The van der Waals surface area contributed by atoms with Crippen molar-refractivity contribution in [3.63, 3.8) is 0 Å². The van der Waals surface area contributed by atoms with Gasteiger partial charge in [-0.15, -0.1) is 0 Å². The largest absolute Gasteiger partial charge is 0.291 e. The van der Waals surface area contributed by atoms with Crippen LogP contribution in [-0.4, -0.2) is 21.2 Å². The smallest absolute Gasteiger partial charge is 0.201 e. The SMILES string of the molecule is CC(=O)/C(=N\Nc1ccc(Cl)cc1)n1cnc2ccccc21. The lowest BCUT2D eigenvalue weighted by Gasteiger charge is -2.07. The van der Waals surface area contributed by atoms with Gasteiger partial charge in [0.15, 0.2) is 5.78 Å². The summed E-state index contributed by atoms with van der Waals surface area (Å²) in [6.07, 6.45) is 1.59. The van der Waals surface area contributed by atoms with Crippen molar-refractivity contribution in [3.8, 4) is 0 Å². The fourth-order valence-corrected chi connectivity index (χ4v) is 2.20. The van der Waals surface area contributed by atoms with Crippen molar-refractivity contribution in [2.75, 3.05) is 5.43 Å². The van der Waals surface area contributed by atoms with Crippen molar-refractivity contribution in [1.29, 1.82) is 0 Å². The van der Waals surface area contributed by atoms with Crippen LogP contribution in [0, 0.1) is 0 Å². The average Bonchev–Trinajstić information content (AvgIpc) is 2.93. The summed E-state index contributed by atoms with van der Waals surface area (Å²) in [6, 6.07) is 14.6. The van der Waals surface area contributed by atoms with Crippen LogP contribution in [0.15, 0.2) is 60.0 Å². The highest BCUT2D eigenvalue weighted by Gasteiger charge is 2.12. The number of carbonyl (C=O) groups is 1. The van der Waals surface area contributed by atoms with Crippen molar-refractivity contribution in [1.82, 2.24) is 9.55 Å². The molecule has 0 fully saturated rings. The van der Waals surface area contributed by atoms with Gasteiger partial charge in [0.25, 0.3) is 0 Å². The molecule has 0 unspecified atom stereocenters. The molecule has 22 heavy (non-hydrogen) atoms. The third-order valence-electron chi connectivity index (χ3n) is 3.13. The topological polar surface area (TPSA) is 59.3 Å². The first kappa shape index (κ1) is 14.3. The molecule has 0 amide bonds. The number of nitrogens with zero attached hydrogens (tertiary/aromatic N) is 3. The lowest BCUT2D eigenvalue weighted by atomic mass is 10.3. The van der Waals surface area contributed by atoms with Crippen LogP contribution in [0.5, 0.6) is 0 Å². The molecule has 110 valence electrons. The molecule has 1 aromatic heterocycles. The number of imidazole rings is 1. The van der Waals surface area contributed by atoms with E-state index in [1.54, 1.807) is 35.2 Å². The highest BCUT2D eigenvalue weighted by Crippen LogP contribution is 2.15. The Kier molecular flexibility index (Phi) is 3.89. The van der Waals surface area contributed by atoms with E-state index in [1.165, 1.54) is 6.92 Å². The Morgan fingerprint density at radius 3 is 2.64 bits per heavy atom. The van der Waals surface area contributed by atoms with Crippen LogP contribution in [0.4, 0.5) is 5.69 Å². The number of hydrogen-bond donors (Lipinski definition) is 1. The van der Waals surface area contributed by atoms with E-state index < -0.39 is 0 Å². The molecule has 2 aromatic carbocycles. The number of benzene rings is 2. The quantitative estimate of drug-likeness (QED) is 0.457. The second-order valence-corrected chi connectivity index (χ2v) is 5.15. The van der Waals surface area contributed by atoms with Crippen molar-refractivity contribution < 1.29 is 4.79 Å². The predicted molar refractivity (Wildman–Crippen MR) is 88.3 cm³/mol. The van der Waals surface area contributed by atoms with E-state index in [0.717, 1.165) is 16.7 Å². The van der Waals surface area contributed by atoms with Crippen LogP contribution in [0.1, 0.15) is 6.92 Å². The van der Waals surface area contributed by atoms with Gasteiger partial charge in [-0.05, 0) is 36.4 Å². The van der Waals surface area contributed by atoms with Crippen LogP contribution in [0.2, 0.25) is 5.02 Å². The Hall–Kier alpha value is -2.66. The van der Waals surface area contributed by atoms with Gasteiger partial charge in [0, 0.05) is 11.9 Å². The van der Waals surface area contributed by atoms with Crippen LogP contribution in [-0.2, 0) is 4.79 Å². The minimum Gasteiger partial charge on any atom is -0.291 e. The standard InChI is InChI=1S/C16H13ClN4O/c1-11(22)16(20-19-13-8-6-12(17)7-9-13)21-10-18-14-4-2-3-5-15(14)21/h2-10,19H,1H3/b20-16+. The molecule has 0 spiro atoms. The van der Waals surface area contributed by atoms with Crippen LogP contribution in [0.25, 0.3) is 11.0 Å². The van der Waals surface area contributed by atoms with E-state index >= 15 is 0 Å². The first-order valence-electron chi connectivity index (χ1n) is 6.68. The van der Waals surface area contributed by atoms with Crippen molar-refractivity contribution in [2.45, 2.75) is 6.92 Å². The van der Waals surface area contributed by atoms with Gasteiger partial charge in [0.1, 0.15) is 6.33 Å². The number of fused-ring (bicyclic) bond motifs is 1. The van der Waals surface area contributed by atoms with Crippen molar-refractivity contribution >= 4 is 39.9 Å². The van der Waals surface area contributed by atoms with Gasteiger partial charge in [-0.3, -0.25) is 14.8 Å². The van der Waals surface area contributed by atoms with E-state index in [2.05, 4.69) is 15.5 Å². The maximum absolute atomic E-state index is 11.9. The summed E-state index contributed by atoms with van der Waals surface area (Å²) in [5.74, 6) is 0.105. The van der Waals surface area contributed by atoms with Crippen LogP contribution in [0.3, 0.4) is 0 Å². The molecule has 0 saturated heterocycles. The summed E-state index contributed by atoms with van der Waals surface area (Å²) in [5.41, 5.74) is 5.25. The number of nitrogens with one attached hydrogen (secondary N) is 1. The predicted octanol–water partition coefficient (Wildman–Crippen LogP) is 3.55. The molecule has 0 aliphatic carbocycles. The molecule has 3 aromatic rings. The first-order chi connectivity index (χ1) is 10.6. The molecule has 1 heterocycles. The van der Waals surface area contributed by atoms with E-state index in [9.17, 15) is 4.79 Å². The molecule has 1 N–H and O–H groups in total. The van der Waals surface area contributed by atoms with Crippen molar-refractivity contribution in [2.24, 2.45) is 5.10 Å². The van der Waals surface area contributed by atoms with E-state index in [4.69, 9.17) is 11.6 Å². The lowest BCUT2D eigenvalue weighted by Crippen LogP contribution is -2.21. The van der Waals surface area contributed by atoms with Gasteiger partial charge in [0.05, 0.1) is 16.7 Å². The summed E-state index contributed by atoms with van der Waals surface area (Å²) in [5, 5.41) is 4.85. The number of aromatic nitrogens is 2. The molecular formula is C16H13ClN4O. The second kappa shape index (κ2) is 5.99. The van der Waals surface area contributed by atoms with Gasteiger partial charge >= 0.3 is 0 Å². The van der Waals surface area contributed by atoms with E-state index in [1.807, 2.05) is 24.3 Å². The number of rotatable bonds is 3. The number of hydrazone groups is 1. The minimum atomic E-state index is -0.162. The van der Waals surface area contributed by atoms with Gasteiger partial charge < -0.3 is 0 Å². The zero-order chi connectivity index (χ0) is 15.5. The van der Waals surface area contributed by atoms with Crippen LogP contribution < -0.4 is 5.43 Å². The molecule has 6 heteroatoms. The number of ketones is 1. The normalized spacial score (nSPS) is 11.6. The Morgan fingerprint density at radius 1 is 1.18 bits per heavy atom. The van der Waals surface area contributed by atoms with Gasteiger partial charge in [0.2, 0.25) is 5.84 Å². The fraction of sp³-hybridized carbons (Fsp3) is 0.0625. The highest BCUT2D eigenvalue weighted by molar-refractivity contribution is 6.39. The Morgan fingerprint density at radius 2 is 1.91 bits per heavy atom. The molecule has 0 atom stereocenters. The number of anilines is 1. The highest BCUT2D eigenvalue weighted by atomic mass is 35.5. The third kappa shape index (κ3) is 2.84. The fourth-order valence-electron chi connectivity index (χ4n) is 2.07. The number of halogens is 1. The summed E-state index contributed by atoms with van der Waals surface area (Å²) < 4.78 is 1.67. The first-order valence-corrected chi connectivity index (χ1v) is 7.05.